The summed E-state index contributed by atoms with van der Waals surface area (Å²) < 4.78 is 1.54. The van der Waals surface area contributed by atoms with Crippen molar-refractivity contribution in [2.45, 2.75) is 11.7 Å². The van der Waals surface area contributed by atoms with Crippen LogP contribution in [-0.2, 0) is 11.3 Å². The first-order valence-corrected chi connectivity index (χ1v) is 7.75. The minimum atomic E-state index is -0.264. The van der Waals surface area contributed by atoms with Gasteiger partial charge < -0.3 is 5.32 Å². The zero-order chi connectivity index (χ0) is 14.8. The molecule has 1 unspecified atom stereocenters. The third-order valence-corrected chi connectivity index (χ3v) is 4.60. The van der Waals surface area contributed by atoms with E-state index in [1.165, 1.54) is 24.0 Å². The lowest BCUT2D eigenvalue weighted by molar-refractivity contribution is -0.119. The van der Waals surface area contributed by atoms with E-state index in [-0.39, 0.29) is 17.4 Å². The predicted molar refractivity (Wildman–Crippen MR) is 82.8 cm³/mol. The number of hydrogen-bond acceptors (Lipinski definition) is 4. The van der Waals surface area contributed by atoms with Crippen molar-refractivity contribution < 1.29 is 4.79 Å². The molecule has 2 aromatic rings. The number of amides is 1. The Morgan fingerprint density at radius 1 is 1.33 bits per heavy atom. The van der Waals surface area contributed by atoms with Crippen LogP contribution in [-0.4, -0.2) is 21.2 Å². The Hall–Kier alpha value is -1.79. The standard InChI is InChI=1S/C14H12ClN3O2S/c15-10-1-3-11(4-2-10)17-13(20)9-7-18-12(19)5-6-16-14(18)21-8-9/h1-6,9H,7-8H2,(H,17,20). The average Bonchev–Trinajstić information content (AvgIpc) is 2.50. The second-order valence-electron chi connectivity index (χ2n) is 4.68. The summed E-state index contributed by atoms with van der Waals surface area (Å²) in [6.45, 7) is 0.356. The zero-order valence-corrected chi connectivity index (χ0v) is 12.5. The SMILES string of the molecule is O=C(Nc1ccc(Cl)cc1)C1CSc2nccc(=O)n2C1. The van der Waals surface area contributed by atoms with Gasteiger partial charge in [-0.25, -0.2) is 4.98 Å². The van der Waals surface area contributed by atoms with Crippen LogP contribution in [0.2, 0.25) is 5.02 Å². The minimum absolute atomic E-state index is 0.105. The van der Waals surface area contributed by atoms with Gasteiger partial charge in [-0.15, -0.1) is 0 Å². The van der Waals surface area contributed by atoms with Crippen LogP contribution in [0.1, 0.15) is 0 Å². The van der Waals surface area contributed by atoms with Gasteiger partial charge in [0, 0.05) is 35.3 Å². The molecule has 0 saturated carbocycles. The lowest BCUT2D eigenvalue weighted by Gasteiger charge is -2.23. The molecule has 7 heteroatoms. The molecule has 0 fully saturated rings. The molecule has 2 heterocycles. The number of thioether (sulfide) groups is 1. The number of nitrogens with zero attached hydrogens (tertiary/aromatic N) is 2. The number of carbonyl (C=O) groups is 1. The lowest BCUT2D eigenvalue weighted by atomic mass is 10.1. The molecular formula is C14H12ClN3O2S. The highest BCUT2D eigenvalue weighted by atomic mass is 35.5. The van der Waals surface area contributed by atoms with Gasteiger partial charge >= 0.3 is 0 Å². The molecule has 0 radical (unpaired) electrons. The molecule has 21 heavy (non-hydrogen) atoms. The monoisotopic (exact) mass is 321 g/mol. The fraction of sp³-hybridized carbons (Fsp3) is 0.214. The van der Waals surface area contributed by atoms with Gasteiger partial charge in [-0.05, 0) is 24.3 Å². The van der Waals surface area contributed by atoms with Crippen LogP contribution in [0, 0.1) is 5.92 Å². The molecule has 1 N–H and O–H groups in total. The number of rotatable bonds is 2. The van der Waals surface area contributed by atoms with E-state index in [4.69, 9.17) is 11.6 Å². The summed E-state index contributed by atoms with van der Waals surface area (Å²) in [5, 5.41) is 4.13. The molecule has 1 aromatic carbocycles. The molecule has 5 nitrogen and oxygen atoms in total. The Balaban J connectivity index is 1.74. The van der Waals surface area contributed by atoms with Gasteiger partial charge in [0.25, 0.3) is 5.56 Å². The van der Waals surface area contributed by atoms with Crippen molar-refractivity contribution in [1.82, 2.24) is 9.55 Å². The van der Waals surface area contributed by atoms with E-state index in [1.54, 1.807) is 28.8 Å². The summed E-state index contributed by atoms with van der Waals surface area (Å²) in [5.41, 5.74) is 0.565. The van der Waals surface area contributed by atoms with E-state index in [1.807, 2.05) is 0 Å². The van der Waals surface area contributed by atoms with Crippen LogP contribution in [0.3, 0.4) is 0 Å². The molecule has 0 bridgehead atoms. The number of halogens is 1. The number of benzene rings is 1. The molecule has 0 aliphatic carbocycles. The molecule has 3 rings (SSSR count). The Bertz CT molecular complexity index is 730. The first kappa shape index (κ1) is 14.2. The highest BCUT2D eigenvalue weighted by molar-refractivity contribution is 7.99. The number of nitrogens with one attached hydrogen (secondary N) is 1. The third-order valence-electron chi connectivity index (χ3n) is 3.20. The number of anilines is 1. The molecule has 1 aliphatic heterocycles. The summed E-state index contributed by atoms with van der Waals surface area (Å²) in [7, 11) is 0. The maximum atomic E-state index is 12.3. The molecule has 1 atom stereocenters. The third kappa shape index (κ3) is 3.11. The smallest absolute Gasteiger partial charge is 0.254 e. The summed E-state index contributed by atoms with van der Waals surface area (Å²) in [4.78, 5) is 28.2. The second-order valence-corrected chi connectivity index (χ2v) is 6.10. The highest BCUT2D eigenvalue weighted by Crippen LogP contribution is 2.25. The topological polar surface area (TPSA) is 64.0 Å². The first-order valence-electron chi connectivity index (χ1n) is 6.38. The van der Waals surface area contributed by atoms with Crippen LogP contribution >= 0.6 is 23.4 Å². The molecule has 1 aliphatic rings. The Morgan fingerprint density at radius 3 is 2.86 bits per heavy atom. The summed E-state index contributed by atoms with van der Waals surface area (Å²) in [6, 6.07) is 8.34. The van der Waals surface area contributed by atoms with Gasteiger partial charge in [0.1, 0.15) is 0 Å². The van der Waals surface area contributed by atoms with E-state index < -0.39 is 0 Å². The summed E-state index contributed by atoms with van der Waals surface area (Å²) in [6.07, 6.45) is 1.50. The van der Waals surface area contributed by atoms with E-state index in [0.29, 0.717) is 28.2 Å². The molecular weight excluding hydrogens is 310 g/mol. The van der Waals surface area contributed by atoms with Crippen molar-refractivity contribution in [3.8, 4) is 0 Å². The van der Waals surface area contributed by atoms with Crippen LogP contribution in [0.25, 0.3) is 0 Å². The van der Waals surface area contributed by atoms with Crippen molar-refractivity contribution >= 4 is 35.0 Å². The van der Waals surface area contributed by atoms with Gasteiger partial charge in [-0.2, -0.15) is 0 Å². The fourth-order valence-electron chi connectivity index (χ4n) is 2.09. The van der Waals surface area contributed by atoms with E-state index in [0.717, 1.165) is 0 Å². The van der Waals surface area contributed by atoms with Crippen LogP contribution < -0.4 is 10.9 Å². The molecule has 1 aromatic heterocycles. The number of carbonyl (C=O) groups excluding carboxylic acids is 1. The zero-order valence-electron chi connectivity index (χ0n) is 11.0. The van der Waals surface area contributed by atoms with Crippen LogP contribution in [0.5, 0.6) is 0 Å². The number of aromatic nitrogens is 2. The quantitative estimate of drug-likeness (QED) is 0.862. The van der Waals surface area contributed by atoms with Crippen molar-refractivity contribution in [2.24, 2.45) is 5.92 Å². The largest absolute Gasteiger partial charge is 0.326 e. The second kappa shape index (κ2) is 5.91. The fourth-order valence-corrected chi connectivity index (χ4v) is 3.28. The highest BCUT2D eigenvalue weighted by Gasteiger charge is 2.26. The van der Waals surface area contributed by atoms with Gasteiger partial charge in [-0.1, -0.05) is 23.4 Å². The van der Waals surface area contributed by atoms with Crippen molar-refractivity contribution in [3.05, 3.63) is 51.9 Å². The maximum Gasteiger partial charge on any atom is 0.254 e. The minimum Gasteiger partial charge on any atom is -0.326 e. The maximum absolute atomic E-state index is 12.3. The molecule has 1 amide bonds. The normalized spacial score (nSPS) is 17.1. The Labute approximate surface area is 130 Å². The van der Waals surface area contributed by atoms with Crippen molar-refractivity contribution in [2.75, 3.05) is 11.1 Å². The summed E-state index contributed by atoms with van der Waals surface area (Å²) >= 11 is 7.23. The lowest BCUT2D eigenvalue weighted by Crippen LogP contribution is -2.36. The average molecular weight is 322 g/mol. The number of fused-ring (bicyclic) bond motifs is 1. The van der Waals surface area contributed by atoms with Gasteiger partial charge in [0.05, 0.1) is 5.92 Å². The molecule has 0 spiro atoms. The van der Waals surface area contributed by atoms with Crippen molar-refractivity contribution in [1.29, 1.82) is 0 Å². The summed E-state index contributed by atoms with van der Waals surface area (Å²) in [5.74, 6) is 0.238. The Morgan fingerprint density at radius 2 is 2.10 bits per heavy atom. The van der Waals surface area contributed by atoms with E-state index in [2.05, 4.69) is 10.3 Å². The van der Waals surface area contributed by atoms with Gasteiger partial charge in [-0.3, -0.25) is 14.2 Å². The van der Waals surface area contributed by atoms with Gasteiger partial charge in [0.2, 0.25) is 5.91 Å². The molecule has 108 valence electrons. The Kier molecular flexibility index (Phi) is 3.98. The van der Waals surface area contributed by atoms with Crippen molar-refractivity contribution in [3.63, 3.8) is 0 Å². The predicted octanol–water partition coefficient (Wildman–Crippen LogP) is 2.26. The van der Waals surface area contributed by atoms with Crippen LogP contribution in [0.4, 0.5) is 5.69 Å². The van der Waals surface area contributed by atoms with Crippen LogP contribution in [0.15, 0.2) is 46.5 Å². The van der Waals surface area contributed by atoms with E-state index >= 15 is 0 Å². The first-order chi connectivity index (χ1) is 10.1. The molecule has 0 saturated heterocycles. The van der Waals surface area contributed by atoms with E-state index in [9.17, 15) is 9.59 Å². The van der Waals surface area contributed by atoms with Gasteiger partial charge in [0.15, 0.2) is 5.16 Å². The number of hydrogen-bond donors (Lipinski definition) is 1.